The fraction of sp³-hybridized carbons (Fsp3) is 0.812. The van der Waals surface area contributed by atoms with Gasteiger partial charge in [0.15, 0.2) is 8.32 Å². The van der Waals surface area contributed by atoms with E-state index in [-0.39, 0.29) is 17.9 Å². The highest BCUT2D eigenvalue weighted by Gasteiger charge is 2.37. The fourth-order valence-corrected chi connectivity index (χ4v) is 2.68. The molecule has 0 saturated heterocycles. The van der Waals surface area contributed by atoms with Crippen LogP contribution in [-0.4, -0.2) is 53.0 Å². The SMILES string of the molecule is COC(=O)CCC(=O)N[C@H](CCO[Si](C)(C)C(C)(C)C)C(=O)OC. The number of rotatable bonds is 9. The Balaban J connectivity index is 4.56. The molecule has 8 heteroatoms. The number of ether oxygens (including phenoxy) is 2. The average Bonchev–Trinajstić information content (AvgIpc) is 2.49. The third kappa shape index (κ3) is 7.92. The number of carbonyl (C=O) groups excluding carboxylic acids is 3. The number of amides is 1. The Hall–Kier alpha value is -1.41. The van der Waals surface area contributed by atoms with Crippen LogP contribution in [-0.2, 0) is 28.3 Å². The number of methoxy groups -OCH3 is 2. The summed E-state index contributed by atoms with van der Waals surface area (Å²) in [6.07, 6.45) is 0.253. The van der Waals surface area contributed by atoms with Crippen LogP contribution in [0.1, 0.15) is 40.0 Å². The van der Waals surface area contributed by atoms with Crippen LogP contribution in [0.3, 0.4) is 0 Å². The molecule has 0 bridgehead atoms. The van der Waals surface area contributed by atoms with Crippen molar-refractivity contribution in [1.29, 1.82) is 0 Å². The molecule has 0 unspecified atom stereocenters. The second-order valence-electron chi connectivity index (χ2n) is 7.12. The standard InChI is InChI=1S/C16H31NO6Si/c1-16(2,3)24(6,7)23-11-10-12(15(20)22-5)17-13(18)8-9-14(19)21-4/h12H,8-11H2,1-7H3,(H,17,18)/t12-/m1/s1. The van der Waals surface area contributed by atoms with E-state index in [4.69, 9.17) is 9.16 Å². The van der Waals surface area contributed by atoms with Crippen molar-refractivity contribution in [1.82, 2.24) is 5.32 Å². The normalized spacial score (nSPS) is 13.1. The van der Waals surface area contributed by atoms with E-state index in [1.54, 1.807) is 0 Å². The van der Waals surface area contributed by atoms with Crippen molar-refractivity contribution in [2.24, 2.45) is 0 Å². The minimum Gasteiger partial charge on any atom is -0.469 e. The maximum Gasteiger partial charge on any atom is 0.328 e. The van der Waals surface area contributed by atoms with Gasteiger partial charge < -0.3 is 19.2 Å². The van der Waals surface area contributed by atoms with Crippen LogP contribution in [0.4, 0.5) is 0 Å². The molecular formula is C16H31NO6Si. The summed E-state index contributed by atoms with van der Waals surface area (Å²) in [4.78, 5) is 34.7. The molecule has 0 aliphatic rings. The molecule has 0 radical (unpaired) electrons. The van der Waals surface area contributed by atoms with Gasteiger partial charge in [0, 0.05) is 19.4 Å². The van der Waals surface area contributed by atoms with Gasteiger partial charge in [-0.25, -0.2) is 4.79 Å². The lowest BCUT2D eigenvalue weighted by molar-refractivity contribution is -0.145. The molecule has 0 saturated carbocycles. The van der Waals surface area contributed by atoms with Crippen molar-refractivity contribution < 1.29 is 28.3 Å². The number of hydrogen-bond donors (Lipinski definition) is 1. The molecule has 1 amide bonds. The van der Waals surface area contributed by atoms with Gasteiger partial charge in [0.25, 0.3) is 0 Å². The molecule has 1 atom stereocenters. The third-order valence-electron chi connectivity index (χ3n) is 4.28. The molecule has 0 fully saturated rings. The first-order valence-electron chi connectivity index (χ1n) is 8.02. The van der Waals surface area contributed by atoms with Crippen molar-refractivity contribution in [2.45, 2.75) is 64.2 Å². The highest BCUT2D eigenvalue weighted by molar-refractivity contribution is 6.74. The van der Waals surface area contributed by atoms with Crippen molar-refractivity contribution in [2.75, 3.05) is 20.8 Å². The molecule has 0 aromatic rings. The summed E-state index contributed by atoms with van der Waals surface area (Å²) in [6, 6.07) is -0.787. The first-order chi connectivity index (χ1) is 10.9. The zero-order valence-corrected chi connectivity index (χ0v) is 16.9. The summed E-state index contributed by atoms with van der Waals surface area (Å²) in [7, 11) is 0.610. The monoisotopic (exact) mass is 361 g/mol. The minimum atomic E-state index is -1.92. The first-order valence-corrected chi connectivity index (χ1v) is 10.9. The van der Waals surface area contributed by atoms with Crippen molar-refractivity contribution in [3.05, 3.63) is 0 Å². The predicted octanol–water partition coefficient (Wildman–Crippen LogP) is 2.01. The largest absolute Gasteiger partial charge is 0.469 e. The molecule has 0 aliphatic heterocycles. The van der Waals surface area contributed by atoms with Crippen LogP contribution >= 0.6 is 0 Å². The maximum absolute atomic E-state index is 11.9. The van der Waals surface area contributed by atoms with Gasteiger partial charge in [-0.3, -0.25) is 9.59 Å². The molecule has 140 valence electrons. The van der Waals surface area contributed by atoms with E-state index >= 15 is 0 Å². The van der Waals surface area contributed by atoms with Crippen LogP contribution in [0.15, 0.2) is 0 Å². The molecule has 1 N–H and O–H groups in total. The van der Waals surface area contributed by atoms with Gasteiger partial charge >= 0.3 is 11.9 Å². The molecule has 0 aromatic carbocycles. The van der Waals surface area contributed by atoms with E-state index in [1.165, 1.54) is 14.2 Å². The van der Waals surface area contributed by atoms with Gasteiger partial charge in [0.2, 0.25) is 5.91 Å². The molecule has 0 heterocycles. The number of nitrogens with one attached hydrogen (secondary N) is 1. The van der Waals surface area contributed by atoms with Crippen molar-refractivity contribution in [3.8, 4) is 0 Å². The first kappa shape index (κ1) is 22.6. The number of carbonyl (C=O) groups is 3. The van der Waals surface area contributed by atoms with Crippen LogP contribution in [0, 0.1) is 0 Å². The quantitative estimate of drug-likeness (QED) is 0.499. The Bertz CT molecular complexity index is 444. The van der Waals surface area contributed by atoms with Gasteiger partial charge in [-0.2, -0.15) is 0 Å². The zero-order chi connectivity index (χ0) is 19.0. The van der Waals surface area contributed by atoms with Crippen LogP contribution in [0.25, 0.3) is 0 Å². The molecule has 7 nitrogen and oxygen atoms in total. The Morgan fingerprint density at radius 3 is 2.08 bits per heavy atom. The summed E-state index contributed by atoms with van der Waals surface area (Å²) in [5.74, 6) is -1.40. The van der Waals surface area contributed by atoms with E-state index in [0.717, 1.165) is 0 Å². The number of esters is 2. The van der Waals surface area contributed by atoms with Crippen molar-refractivity contribution in [3.63, 3.8) is 0 Å². The van der Waals surface area contributed by atoms with Gasteiger partial charge in [-0.05, 0) is 18.1 Å². The van der Waals surface area contributed by atoms with E-state index in [9.17, 15) is 14.4 Å². The Labute approximate surface area is 145 Å². The third-order valence-corrected chi connectivity index (χ3v) is 8.82. The van der Waals surface area contributed by atoms with Crippen molar-refractivity contribution >= 4 is 26.2 Å². The summed E-state index contributed by atoms with van der Waals surface area (Å²) in [5, 5.41) is 2.65. The Morgan fingerprint density at radius 1 is 1.04 bits per heavy atom. The van der Waals surface area contributed by atoms with Gasteiger partial charge in [0.1, 0.15) is 6.04 Å². The predicted molar refractivity (Wildman–Crippen MR) is 93.0 cm³/mol. The summed E-state index contributed by atoms with van der Waals surface area (Å²) in [6.45, 7) is 11.0. The van der Waals surface area contributed by atoms with Crippen LogP contribution in [0.2, 0.25) is 18.1 Å². The Morgan fingerprint density at radius 2 is 1.62 bits per heavy atom. The topological polar surface area (TPSA) is 90.9 Å². The number of hydrogen-bond acceptors (Lipinski definition) is 6. The summed E-state index contributed by atoms with van der Waals surface area (Å²) < 4.78 is 15.2. The summed E-state index contributed by atoms with van der Waals surface area (Å²) >= 11 is 0. The lowest BCUT2D eigenvalue weighted by Crippen LogP contribution is -2.45. The van der Waals surface area contributed by atoms with E-state index in [1.807, 2.05) is 0 Å². The van der Waals surface area contributed by atoms with Crippen LogP contribution in [0.5, 0.6) is 0 Å². The lowest BCUT2D eigenvalue weighted by Gasteiger charge is -2.36. The Kier molecular flexibility index (Phi) is 9.20. The molecule has 0 aliphatic carbocycles. The average molecular weight is 362 g/mol. The van der Waals surface area contributed by atoms with Gasteiger partial charge in [-0.15, -0.1) is 0 Å². The van der Waals surface area contributed by atoms with E-state index in [2.05, 4.69) is 43.9 Å². The molecule has 0 aromatic heterocycles. The van der Waals surface area contributed by atoms with Gasteiger partial charge in [0.05, 0.1) is 20.6 Å². The molecular weight excluding hydrogens is 330 g/mol. The molecule has 0 spiro atoms. The van der Waals surface area contributed by atoms with E-state index < -0.39 is 32.2 Å². The molecule has 24 heavy (non-hydrogen) atoms. The highest BCUT2D eigenvalue weighted by atomic mass is 28.4. The maximum atomic E-state index is 11.9. The molecule has 0 rings (SSSR count). The van der Waals surface area contributed by atoms with Gasteiger partial charge in [-0.1, -0.05) is 20.8 Å². The highest BCUT2D eigenvalue weighted by Crippen LogP contribution is 2.36. The minimum absolute atomic E-state index is 0.0311. The second-order valence-corrected chi connectivity index (χ2v) is 11.9. The van der Waals surface area contributed by atoms with Crippen LogP contribution < -0.4 is 5.32 Å². The van der Waals surface area contributed by atoms with E-state index in [0.29, 0.717) is 13.0 Å². The summed E-state index contributed by atoms with van der Waals surface area (Å²) in [5.41, 5.74) is 0. The fourth-order valence-electron chi connectivity index (χ4n) is 1.62. The second kappa shape index (κ2) is 9.78. The smallest absolute Gasteiger partial charge is 0.328 e. The zero-order valence-electron chi connectivity index (χ0n) is 15.9. The lowest BCUT2D eigenvalue weighted by atomic mass is 10.2.